The van der Waals surface area contributed by atoms with Crippen molar-refractivity contribution in [1.29, 1.82) is 0 Å². The van der Waals surface area contributed by atoms with Crippen molar-refractivity contribution < 1.29 is 9.53 Å². The quantitative estimate of drug-likeness (QED) is 0.782. The Morgan fingerprint density at radius 1 is 1.50 bits per heavy atom. The molecule has 0 unspecified atom stereocenters. The molecule has 2 N–H and O–H groups in total. The maximum absolute atomic E-state index is 11.9. The minimum atomic E-state index is -0.228. The topological polar surface area (TPSA) is 54.1 Å². The van der Waals surface area contributed by atoms with Gasteiger partial charge < -0.3 is 15.0 Å². The molecule has 0 atom stereocenters. The summed E-state index contributed by atoms with van der Waals surface area (Å²) < 4.78 is 5.11. The van der Waals surface area contributed by atoms with Gasteiger partial charge in [0.25, 0.3) is 0 Å². The van der Waals surface area contributed by atoms with Crippen LogP contribution in [0, 0.1) is 0 Å². The predicted molar refractivity (Wildman–Crippen MR) is 69.6 cm³/mol. The second kappa shape index (κ2) is 4.37. The van der Waals surface area contributed by atoms with Gasteiger partial charge in [0.1, 0.15) is 0 Å². The second-order valence-corrected chi connectivity index (χ2v) is 4.46. The van der Waals surface area contributed by atoms with Gasteiger partial charge in [-0.1, -0.05) is 6.08 Å². The Hall–Kier alpha value is -1.97. The highest BCUT2D eigenvalue weighted by molar-refractivity contribution is 6.17. The molecule has 18 heavy (non-hydrogen) atoms. The average molecular weight is 244 g/mol. The number of carbonyl (C=O) groups is 1. The number of hydrogen-bond acceptors (Lipinski definition) is 3. The number of esters is 1. The van der Waals surface area contributed by atoms with Crippen LogP contribution in [0.1, 0.15) is 35.9 Å². The smallest absolute Gasteiger partial charge is 0.339 e. The molecule has 1 aromatic rings. The third kappa shape index (κ3) is 1.65. The number of H-pyrrole nitrogens is 1. The van der Waals surface area contributed by atoms with Gasteiger partial charge in [0.15, 0.2) is 0 Å². The maximum Gasteiger partial charge on any atom is 0.339 e. The van der Waals surface area contributed by atoms with E-state index in [9.17, 15) is 4.79 Å². The highest BCUT2D eigenvalue weighted by Gasteiger charge is 2.25. The van der Waals surface area contributed by atoms with Crippen LogP contribution >= 0.6 is 0 Å². The molecule has 1 aromatic heterocycles. The molecule has 94 valence electrons. The average Bonchev–Trinajstić information content (AvgIpc) is 2.77. The number of aromatic amines is 1. The molecule has 0 saturated carbocycles. The fourth-order valence-electron chi connectivity index (χ4n) is 2.60. The maximum atomic E-state index is 11.9. The zero-order valence-electron chi connectivity index (χ0n) is 10.4. The fourth-order valence-corrected chi connectivity index (χ4v) is 2.60. The highest BCUT2D eigenvalue weighted by Crippen LogP contribution is 2.33. The molecule has 1 aliphatic heterocycles. The van der Waals surface area contributed by atoms with Crippen LogP contribution in [0.4, 0.5) is 0 Å². The van der Waals surface area contributed by atoms with Crippen LogP contribution in [-0.4, -0.2) is 17.6 Å². The summed E-state index contributed by atoms with van der Waals surface area (Å²) in [6.07, 6.45) is 7.88. The van der Waals surface area contributed by atoms with Crippen molar-refractivity contribution >= 4 is 17.6 Å². The Morgan fingerprint density at radius 2 is 2.39 bits per heavy atom. The van der Waals surface area contributed by atoms with Gasteiger partial charge in [0.05, 0.1) is 24.4 Å². The molecule has 0 spiro atoms. The molecular formula is C14H16N2O2. The van der Waals surface area contributed by atoms with Crippen molar-refractivity contribution in [3.63, 3.8) is 0 Å². The minimum Gasteiger partial charge on any atom is -0.462 e. The second-order valence-electron chi connectivity index (χ2n) is 4.46. The molecule has 2 heterocycles. The summed E-state index contributed by atoms with van der Waals surface area (Å²) in [7, 11) is 0. The van der Waals surface area contributed by atoms with Crippen molar-refractivity contribution in [2.75, 3.05) is 6.61 Å². The van der Waals surface area contributed by atoms with Crippen LogP contribution in [0.5, 0.6) is 0 Å². The number of hydrogen-bond donors (Lipinski definition) is 2. The molecule has 2 aliphatic rings. The SMILES string of the molecule is CCOC(=O)C1=CCCc2c1[nH]c1c2C=CNC1. The summed E-state index contributed by atoms with van der Waals surface area (Å²) in [4.78, 5) is 15.3. The van der Waals surface area contributed by atoms with E-state index in [1.807, 2.05) is 19.2 Å². The third-order valence-electron chi connectivity index (χ3n) is 3.38. The van der Waals surface area contributed by atoms with Gasteiger partial charge in [-0.25, -0.2) is 4.79 Å². The van der Waals surface area contributed by atoms with E-state index < -0.39 is 0 Å². The van der Waals surface area contributed by atoms with Crippen molar-refractivity contribution in [3.8, 4) is 0 Å². The van der Waals surface area contributed by atoms with Crippen molar-refractivity contribution in [2.45, 2.75) is 26.3 Å². The first-order valence-corrected chi connectivity index (χ1v) is 6.32. The third-order valence-corrected chi connectivity index (χ3v) is 3.38. The van der Waals surface area contributed by atoms with E-state index >= 15 is 0 Å². The van der Waals surface area contributed by atoms with Gasteiger partial charge in [0, 0.05) is 11.3 Å². The van der Waals surface area contributed by atoms with Crippen LogP contribution in [-0.2, 0) is 22.5 Å². The predicted octanol–water partition coefficient (Wildman–Crippen LogP) is 1.98. The summed E-state index contributed by atoms with van der Waals surface area (Å²) in [6.45, 7) is 3.02. The van der Waals surface area contributed by atoms with Gasteiger partial charge in [-0.2, -0.15) is 0 Å². The number of nitrogens with one attached hydrogen (secondary N) is 2. The van der Waals surface area contributed by atoms with E-state index in [-0.39, 0.29) is 5.97 Å². The molecule has 0 fully saturated rings. The van der Waals surface area contributed by atoms with Gasteiger partial charge >= 0.3 is 5.97 Å². The van der Waals surface area contributed by atoms with Crippen molar-refractivity contribution in [2.24, 2.45) is 0 Å². The molecule has 4 heteroatoms. The molecule has 0 amide bonds. The van der Waals surface area contributed by atoms with Gasteiger partial charge in [0.2, 0.25) is 0 Å². The lowest BCUT2D eigenvalue weighted by Crippen LogP contribution is -2.11. The van der Waals surface area contributed by atoms with E-state index in [0.29, 0.717) is 12.2 Å². The lowest BCUT2D eigenvalue weighted by Gasteiger charge is -2.13. The molecule has 3 rings (SSSR count). The van der Waals surface area contributed by atoms with Gasteiger partial charge in [-0.05, 0) is 37.6 Å². The van der Waals surface area contributed by atoms with E-state index in [2.05, 4.69) is 16.4 Å². The summed E-state index contributed by atoms with van der Waals surface area (Å²) in [6, 6.07) is 0. The molecular weight excluding hydrogens is 228 g/mol. The molecule has 1 aliphatic carbocycles. The molecule has 0 radical (unpaired) electrons. The normalized spacial score (nSPS) is 16.4. The molecule has 0 saturated heterocycles. The lowest BCUT2D eigenvalue weighted by molar-refractivity contribution is -0.136. The van der Waals surface area contributed by atoms with Crippen LogP contribution in [0.15, 0.2) is 12.3 Å². The Bertz CT molecular complexity index is 552. The number of aromatic nitrogens is 1. The Kier molecular flexibility index (Phi) is 2.70. The van der Waals surface area contributed by atoms with Gasteiger partial charge in [-0.3, -0.25) is 0 Å². The summed E-state index contributed by atoms with van der Waals surface area (Å²) >= 11 is 0. The first kappa shape index (κ1) is 11.1. The van der Waals surface area contributed by atoms with Crippen LogP contribution in [0.2, 0.25) is 0 Å². The number of allylic oxidation sites excluding steroid dienone is 1. The Morgan fingerprint density at radius 3 is 3.22 bits per heavy atom. The highest BCUT2D eigenvalue weighted by atomic mass is 16.5. The number of ether oxygens (including phenoxy) is 1. The van der Waals surface area contributed by atoms with E-state index in [1.54, 1.807) is 0 Å². The molecule has 0 aromatic carbocycles. The van der Waals surface area contributed by atoms with Crippen LogP contribution < -0.4 is 5.32 Å². The summed E-state index contributed by atoms with van der Waals surface area (Å²) in [5, 5.41) is 3.17. The lowest BCUT2D eigenvalue weighted by atomic mass is 9.93. The number of rotatable bonds is 2. The first-order valence-electron chi connectivity index (χ1n) is 6.32. The van der Waals surface area contributed by atoms with Crippen LogP contribution in [0.25, 0.3) is 11.6 Å². The zero-order chi connectivity index (χ0) is 12.5. The van der Waals surface area contributed by atoms with Crippen molar-refractivity contribution in [1.82, 2.24) is 10.3 Å². The Labute approximate surface area is 106 Å². The molecule has 0 bridgehead atoms. The zero-order valence-corrected chi connectivity index (χ0v) is 10.4. The van der Waals surface area contributed by atoms with E-state index in [4.69, 9.17) is 4.74 Å². The number of fused-ring (bicyclic) bond motifs is 3. The van der Waals surface area contributed by atoms with Gasteiger partial charge in [-0.15, -0.1) is 0 Å². The Balaban J connectivity index is 2.04. The fraction of sp³-hybridized carbons (Fsp3) is 0.357. The molecule has 4 nitrogen and oxygen atoms in total. The standard InChI is InChI=1S/C14H16N2O2/c1-2-18-14(17)11-5-3-4-10-9-6-7-15-8-12(9)16-13(10)11/h5-7,15-16H,2-4,8H2,1H3. The monoisotopic (exact) mass is 244 g/mol. The first-order chi connectivity index (χ1) is 8.81. The minimum absolute atomic E-state index is 0.228. The summed E-state index contributed by atoms with van der Waals surface area (Å²) in [5.74, 6) is -0.228. The largest absolute Gasteiger partial charge is 0.462 e. The van der Waals surface area contributed by atoms with E-state index in [1.165, 1.54) is 11.1 Å². The summed E-state index contributed by atoms with van der Waals surface area (Å²) in [5.41, 5.74) is 5.26. The van der Waals surface area contributed by atoms with Crippen molar-refractivity contribution in [3.05, 3.63) is 34.8 Å². The van der Waals surface area contributed by atoms with E-state index in [0.717, 1.165) is 30.8 Å². The number of carbonyl (C=O) groups excluding carboxylic acids is 1. The van der Waals surface area contributed by atoms with Crippen LogP contribution in [0.3, 0.4) is 0 Å².